The number of carbonyl (C=O) groups is 1. The summed E-state index contributed by atoms with van der Waals surface area (Å²) in [6.45, 7) is 2.11. The first-order valence-electron chi connectivity index (χ1n) is 7.90. The predicted molar refractivity (Wildman–Crippen MR) is 95.5 cm³/mol. The maximum absolute atomic E-state index is 11.9. The number of fused-ring (bicyclic) bond motifs is 1. The van der Waals surface area contributed by atoms with E-state index in [0.29, 0.717) is 10.8 Å². The Balaban J connectivity index is 1.67. The number of hydrogen-bond donors (Lipinski definition) is 3. The highest BCUT2D eigenvalue weighted by Gasteiger charge is 2.44. The van der Waals surface area contributed by atoms with Crippen molar-refractivity contribution in [1.82, 2.24) is 16.2 Å². The van der Waals surface area contributed by atoms with Gasteiger partial charge in [-0.2, -0.15) is 0 Å². The van der Waals surface area contributed by atoms with Crippen molar-refractivity contribution < 1.29 is 9.21 Å². The van der Waals surface area contributed by atoms with Crippen LogP contribution < -0.4 is 16.2 Å². The van der Waals surface area contributed by atoms with Gasteiger partial charge in [0, 0.05) is 17.5 Å². The lowest BCUT2D eigenvalue weighted by atomic mass is 9.94. The van der Waals surface area contributed by atoms with E-state index in [1.807, 2.05) is 36.4 Å². The summed E-state index contributed by atoms with van der Waals surface area (Å²) in [6.07, 6.45) is -0.0960. The zero-order valence-corrected chi connectivity index (χ0v) is 14.7. The molecule has 1 aromatic carbocycles. The maximum Gasteiger partial charge on any atom is 0.231 e. The van der Waals surface area contributed by atoms with E-state index >= 15 is 0 Å². The highest BCUT2D eigenvalue weighted by molar-refractivity contribution is 8.00. The molecule has 2 saturated heterocycles. The van der Waals surface area contributed by atoms with E-state index < -0.39 is 0 Å². The summed E-state index contributed by atoms with van der Waals surface area (Å²) >= 11 is 7.89. The highest BCUT2D eigenvalue weighted by Crippen LogP contribution is 2.43. The minimum absolute atomic E-state index is 0.0405. The van der Waals surface area contributed by atoms with Gasteiger partial charge >= 0.3 is 0 Å². The number of rotatable bonds is 2. The molecule has 24 heavy (non-hydrogen) atoms. The first-order valence-corrected chi connectivity index (χ1v) is 9.33. The van der Waals surface area contributed by atoms with Gasteiger partial charge < -0.3 is 9.73 Å². The highest BCUT2D eigenvalue weighted by atomic mass is 35.5. The number of thioether (sulfide) groups is 1. The molecule has 0 bridgehead atoms. The molecule has 126 valence electrons. The fourth-order valence-electron chi connectivity index (χ4n) is 3.35. The fourth-order valence-corrected chi connectivity index (χ4v) is 4.90. The van der Waals surface area contributed by atoms with Gasteiger partial charge in [-0.05, 0) is 31.2 Å². The molecule has 4 atom stereocenters. The summed E-state index contributed by atoms with van der Waals surface area (Å²) in [7, 11) is 0. The molecular weight excluding hydrogens is 346 g/mol. The number of hydrogen-bond acceptors (Lipinski definition) is 5. The smallest absolute Gasteiger partial charge is 0.231 e. The lowest BCUT2D eigenvalue weighted by Crippen LogP contribution is -2.46. The molecule has 0 radical (unpaired) electrons. The van der Waals surface area contributed by atoms with Crippen molar-refractivity contribution in [2.75, 3.05) is 5.75 Å². The van der Waals surface area contributed by atoms with E-state index in [4.69, 9.17) is 16.0 Å². The van der Waals surface area contributed by atoms with E-state index in [-0.39, 0.29) is 29.3 Å². The van der Waals surface area contributed by atoms with E-state index in [9.17, 15) is 4.79 Å². The van der Waals surface area contributed by atoms with E-state index in [0.717, 1.165) is 17.1 Å². The molecule has 2 aromatic rings. The molecule has 7 heteroatoms. The predicted octanol–water partition coefficient (Wildman–Crippen LogP) is 2.94. The van der Waals surface area contributed by atoms with Crippen LogP contribution in [-0.2, 0) is 4.79 Å². The molecule has 0 saturated carbocycles. The minimum Gasteiger partial charge on any atom is -0.460 e. The molecule has 2 aliphatic rings. The maximum atomic E-state index is 11.9. The van der Waals surface area contributed by atoms with Crippen molar-refractivity contribution in [3.8, 4) is 11.3 Å². The third-order valence-corrected chi connectivity index (χ3v) is 6.20. The molecule has 1 aromatic heterocycles. The molecule has 4 rings (SSSR count). The number of carbonyl (C=O) groups excluding carboxylic acids is 1. The zero-order chi connectivity index (χ0) is 16.7. The molecule has 1 amide bonds. The second-order valence-corrected chi connectivity index (χ2v) is 7.65. The van der Waals surface area contributed by atoms with Crippen LogP contribution in [0, 0.1) is 5.92 Å². The molecule has 0 spiro atoms. The summed E-state index contributed by atoms with van der Waals surface area (Å²) in [5.41, 5.74) is 7.26. The summed E-state index contributed by atoms with van der Waals surface area (Å²) in [4.78, 5) is 11.9. The van der Waals surface area contributed by atoms with Crippen LogP contribution in [0.3, 0.4) is 0 Å². The van der Waals surface area contributed by atoms with Crippen molar-refractivity contribution in [3.63, 3.8) is 0 Å². The van der Waals surface area contributed by atoms with Gasteiger partial charge in [0.2, 0.25) is 5.91 Å². The monoisotopic (exact) mass is 363 g/mol. The quantitative estimate of drug-likeness (QED) is 0.765. The fraction of sp³-hybridized carbons (Fsp3) is 0.353. The second kappa shape index (κ2) is 6.44. The molecule has 4 unspecified atom stereocenters. The van der Waals surface area contributed by atoms with Gasteiger partial charge in [0.05, 0.1) is 22.2 Å². The normalized spacial score (nSPS) is 29.8. The average molecular weight is 364 g/mol. The summed E-state index contributed by atoms with van der Waals surface area (Å²) in [5.74, 6) is 2.29. The first-order chi connectivity index (χ1) is 11.6. The Hall–Kier alpha value is -1.47. The lowest BCUT2D eigenvalue weighted by Gasteiger charge is -2.25. The van der Waals surface area contributed by atoms with Crippen LogP contribution in [-0.4, -0.2) is 23.9 Å². The first kappa shape index (κ1) is 16.0. The van der Waals surface area contributed by atoms with Gasteiger partial charge in [0.1, 0.15) is 11.5 Å². The van der Waals surface area contributed by atoms with Gasteiger partial charge in [-0.15, -0.1) is 11.8 Å². The Morgan fingerprint density at radius 2 is 2.04 bits per heavy atom. The van der Waals surface area contributed by atoms with E-state index in [1.54, 1.807) is 11.8 Å². The summed E-state index contributed by atoms with van der Waals surface area (Å²) in [5, 5.41) is 3.77. The average Bonchev–Trinajstić information content (AvgIpc) is 3.13. The molecule has 0 aliphatic carbocycles. The van der Waals surface area contributed by atoms with Crippen molar-refractivity contribution in [2.24, 2.45) is 5.92 Å². The van der Waals surface area contributed by atoms with Crippen LogP contribution in [0.4, 0.5) is 0 Å². The standard InChI is InChI=1S/C17H18ClN3O2S/c1-9-15-16(24-8-14(22)19-17(15)21-20-9)13-7-6-12(23-13)10-4-2-3-5-11(10)18/h2-7,9,15-17,20-21H,8H2,1H3,(H,19,22). The number of nitrogens with one attached hydrogen (secondary N) is 3. The van der Waals surface area contributed by atoms with Crippen molar-refractivity contribution in [1.29, 1.82) is 0 Å². The minimum atomic E-state index is -0.0960. The number of amides is 1. The number of hydrazine groups is 1. The van der Waals surface area contributed by atoms with E-state index in [2.05, 4.69) is 23.1 Å². The van der Waals surface area contributed by atoms with Crippen molar-refractivity contribution in [3.05, 3.63) is 47.2 Å². The molecular formula is C17H18ClN3O2S. The largest absolute Gasteiger partial charge is 0.460 e. The number of furan rings is 1. The Morgan fingerprint density at radius 1 is 1.21 bits per heavy atom. The Bertz CT molecular complexity index is 766. The van der Waals surface area contributed by atoms with E-state index in [1.165, 1.54) is 0 Å². The van der Waals surface area contributed by atoms with Gasteiger partial charge in [-0.3, -0.25) is 10.2 Å². The lowest BCUT2D eigenvalue weighted by molar-refractivity contribution is -0.119. The molecule has 5 nitrogen and oxygen atoms in total. The SMILES string of the molecule is CC1NNC2NC(=O)CSC(c3ccc(-c4ccccc4Cl)o3)C12. The molecule has 2 aliphatic heterocycles. The van der Waals surface area contributed by atoms with Gasteiger partial charge in [-0.1, -0.05) is 23.7 Å². The van der Waals surface area contributed by atoms with Crippen molar-refractivity contribution >= 4 is 29.3 Å². The molecule has 2 fully saturated rings. The number of benzene rings is 1. The second-order valence-electron chi connectivity index (χ2n) is 6.11. The van der Waals surface area contributed by atoms with Crippen LogP contribution in [0.15, 0.2) is 40.8 Å². The Labute approximate surface area is 149 Å². The van der Waals surface area contributed by atoms with Gasteiger partial charge in [0.25, 0.3) is 0 Å². The van der Waals surface area contributed by atoms with Gasteiger partial charge in [0.15, 0.2) is 0 Å². The van der Waals surface area contributed by atoms with Crippen LogP contribution in [0.2, 0.25) is 5.02 Å². The third-order valence-electron chi connectivity index (χ3n) is 4.54. The van der Waals surface area contributed by atoms with Crippen LogP contribution in [0.25, 0.3) is 11.3 Å². The Kier molecular flexibility index (Phi) is 4.30. The summed E-state index contributed by atoms with van der Waals surface area (Å²) in [6, 6.07) is 11.8. The zero-order valence-electron chi connectivity index (χ0n) is 13.1. The van der Waals surface area contributed by atoms with Gasteiger partial charge in [-0.25, -0.2) is 5.43 Å². The van der Waals surface area contributed by atoms with Crippen LogP contribution in [0.5, 0.6) is 0 Å². The third kappa shape index (κ3) is 2.84. The van der Waals surface area contributed by atoms with Crippen LogP contribution >= 0.6 is 23.4 Å². The number of halogens is 1. The van der Waals surface area contributed by atoms with Crippen molar-refractivity contribution in [2.45, 2.75) is 24.4 Å². The molecule has 3 heterocycles. The summed E-state index contributed by atoms with van der Waals surface area (Å²) < 4.78 is 6.14. The molecule has 3 N–H and O–H groups in total. The van der Waals surface area contributed by atoms with Crippen LogP contribution in [0.1, 0.15) is 17.9 Å². The topological polar surface area (TPSA) is 66.3 Å². The Morgan fingerprint density at radius 3 is 2.88 bits per heavy atom.